The lowest BCUT2D eigenvalue weighted by molar-refractivity contribution is 0.0377. The average Bonchev–Trinajstić information content (AvgIpc) is 2.08. The number of esters is 1. The number of nitrogens with zero attached hydrogens (tertiary/aromatic N) is 1. The monoisotopic (exact) mass is 217 g/mol. The maximum atomic E-state index is 12.7. The summed E-state index contributed by atoms with van der Waals surface area (Å²) in [4.78, 5) is 14.8. The van der Waals surface area contributed by atoms with E-state index in [2.05, 4.69) is 4.98 Å². The molecule has 1 aromatic heterocycles. The van der Waals surface area contributed by atoms with Crippen molar-refractivity contribution < 1.29 is 13.9 Å². The predicted octanol–water partition coefficient (Wildman–Crippen LogP) is 2.44. The molecule has 0 atom stereocenters. The van der Waals surface area contributed by atoms with Gasteiger partial charge in [-0.25, -0.2) is 14.2 Å². The smallest absolute Gasteiger partial charge is 0.341 e. The molecular weight excluding hydrogens is 209 g/mol. The van der Waals surface area contributed by atoms with Crippen LogP contribution in [0.5, 0.6) is 0 Å². The van der Waals surface area contributed by atoms with Crippen LogP contribution in [0.4, 0.5) is 4.39 Å². The van der Waals surface area contributed by atoms with E-state index in [9.17, 15) is 9.18 Å². The molecule has 0 aliphatic rings. The molecule has 0 N–H and O–H groups in total. The number of carbonyl (C=O) groups is 1. The maximum Gasteiger partial charge on any atom is 0.341 e. The number of hydrogen-bond donors (Lipinski definition) is 0. The third kappa shape index (κ3) is 2.67. The summed E-state index contributed by atoms with van der Waals surface area (Å²) >= 11 is 5.60. The highest BCUT2D eigenvalue weighted by molar-refractivity contribution is 6.32. The summed E-state index contributed by atoms with van der Waals surface area (Å²) in [5.41, 5.74) is -0.0552. The van der Waals surface area contributed by atoms with Crippen LogP contribution in [0.25, 0.3) is 0 Å². The Morgan fingerprint density at radius 2 is 2.29 bits per heavy atom. The molecule has 0 spiro atoms. The molecule has 0 aliphatic heterocycles. The Hall–Kier alpha value is -1.16. The number of carbonyl (C=O) groups excluding carboxylic acids is 1. The number of pyridine rings is 1. The highest BCUT2D eigenvalue weighted by Gasteiger charge is 2.15. The van der Waals surface area contributed by atoms with Gasteiger partial charge in [0.15, 0.2) is 0 Å². The van der Waals surface area contributed by atoms with Gasteiger partial charge in [0.05, 0.1) is 17.9 Å². The first-order valence-corrected chi connectivity index (χ1v) is 4.40. The minimum absolute atomic E-state index is 0.0552. The summed E-state index contributed by atoms with van der Waals surface area (Å²) in [5, 5.41) is -0.0583. The molecule has 0 saturated heterocycles. The number of rotatable bonds is 2. The number of ether oxygens (including phenoxy) is 1. The molecule has 0 unspecified atom stereocenters. The minimum Gasteiger partial charge on any atom is -0.459 e. The Balaban J connectivity index is 2.94. The van der Waals surface area contributed by atoms with E-state index in [0.717, 1.165) is 12.3 Å². The molecule has 14 heavy (non-hydrogen) atoms. The van der Waals surface area contributed by atoms with Crippen LogP contribution in [-0.2, 0) is 4.74 Å². The van der Waals surface area contributed by atoms with E-state index in [-0.39, 0.29) is 16.8 Å². The quantitative estimate of drug-likeness (QED) is 0.564. The molecule has 0 fully saturated rings. The zero-order valence-electron chi connectivity index (χ0n) is 7.75. The zero-order valence-corrected chi connectivity index (χ0v) is 8.51. The molecule has 1 heterocycles. The van der Waals surface area contributed by atoms with Crippen LogP contribution in [0.15, 0.2) is 12.3 Å². The average molecular weight is 218 g/mol. The lowest BCUT2D eigenvalue weighted by Crippen LogP contribution is -2.12. The van der Waals surface area contributed by atoms with Gasteiger partial charge in [0.1, 0.15) is 11.0 Å². The van der Waals surface area contributed by atoms with Gasteiger partial charge < -0.3 is 4.74 Å². The van der Waals surface area contributed by atoms with E-state index in [1.165, 1.54) is 0 Å². The molecule has 0 aliphatic carbocycles. The molecule has 1 aromatic rings. The summed E-state index contributed by atoms with van der Waals surface area (Å²) in [5.74, 6) is -1.29. The second-order valence-electron chi connectivity index (χ2n) is 2.95. The van der Waals surface area contributed by atoms with E-state index in [1.54, 1.807) is 13.8 Å². The number of halogens is 2. The predicted molar refractivity (Wildman–Crippen MR) is 49.8 cm³/mol. The van der Waals surface area contributed by atoms with Crippen molar-refractivity contribution in [3.63, 3.8) is 0 Å². The van der Waals surface area contributed by atoms with Crippen LogP contribution in [0.2, 0.25) is 5.15 Å². The molecule has 0 amide bonds. The van der Waals surface area contributed by atoms with Gasteiger partial charge in [-0.2, -0.15) is 0 Å². The summed E-state index contributed by atoms with van der Waals surface area (Å²) in [7, 11) is 0. The summed E-state index contributed by atoms with van der Waals surface area (Å²) in [6.45, 7) is 3.39. The van der Waals surface area contributed by atoms with Crippen molar-refractivity contribution in [2.24, 2.45) is 0 Å². The van der Waals surface area contributed by atoms with Crippen molar-refractivity contribution >= 4 is 17.6 Å². The molecule has 0 saturated carbocycles. The van der Waals surface area contributed by atoms with Gasteiger partial charge in [0, 0.05) is 0 Å². The van der Waals surface area contributed by atoms with Crippen molar-refractivity contribution in [1.29, 1.82) is 0 Å². The van der Waals surface area contributed by atoms with E-state index in [0.29, 0.717) is 0 Å². The van der Waals surface area contributed by atoms with Crippen LogP contribution in [-0.4, -0.2) is 17.1 Å². The molecule has 0 radical (unpaired) electrons. The van der Waals surface area contributed by atoms with Crippen LogP contribution in [0, 0.1) is 5.82 Å². The van der Waals surface area contributed by atoms with E-state index < -0.39 is 11.8 Å². The third-order valence-electron chi connectivity index (χ3n) is 1.37. The molecule has 0 aromatic carbocycles. The van der Waals surface area contributed by atoms with Crippen molar-refractivity contribution in [3.05, 3.63) is 28.8 Å². The third-order valence-corrected chi connectivity index (χ3v) is 1.67. The highest BCUT2D eigenvalue weighted by Crippen LogP contribution is 2.15. The lowest BCUT2D eigenvalue weighted by Gasteiger charge is -2.08. The Morgan fingerprint density at radius 1 is 1.64 bits per heavy atom. The van der Waals surface area contributed by atoms with Gasteiger partial charge in [0.25, 0.3) is 0 Å². The summed E-state index contributed by atoms with van der Waals surface area (Å²) < 4.78 is 17.6. The van der Waals surface area contributed by atoms with E-state index >= 15 is 0 Å². The number of aromatic nitrogens is 1. The van der Waals surface area contributed by atoms with E-state index in [1.807, 2.05) is 0 Å². The van der Waals surface area contributed by atoms with Crippen molar-refractivity contribution in [1.82, 2.24) is 4.98 Å². The normalized spacial score (nSPS) is 10.4. The first kappa shape index (κ1) is 10.9. The highest BCUT2D eigenvalue weighted by atomic mass is 35.5. The fraction of sp³-hybridized carbons (Fsp3) is 0.333. The Bertz CT molecular complexity index is 355. The summed E-state index contributed by atoms with van der Waals surface area (Å²) in [6, 6.07) is 1.00. The first-order valence-electron chi connectivity index (χ1n) is 4.02. The standard InChI is InChI=1S/C9H9ClFNO2/c1-5(2)14-9(13)7-3-6(11)4-12-8(7)10/h3-5H,1-2H3. The van der Waals surface area contributed by atoms with Gasteiger partial charge in [-0.05, 0) is 19.9 Å². The maximum absolute atomic E-state index is 12.7. The topological polar surface area (TPSA) is 39.2 Å². The molecule has 3 nitrogen and oxygen atoms in total. The second-order valence-corrected chi connectivity index (χ2v) is 3.30. The van der Waals surface area contributed by atoms with Crippen LogP contribution < -0.4 is 0 Å². The SMILES string of the molecule is CC(C)OC(=O)c1cc(F)cnc1Cl. The summed E-state index contributed by atoms with van der Waals surface area (Å²) in [6.07, 6.45) is 0.663. The van der Waals surface area contributed by atoms with Crippen molar-refractivity contribution in [2.45, 2.75) is 20.0 Å². The van der Waals surface area contributed by atoms with Gasteiger partial charge in [-0.15, -0.1) is 0 Å². The molecule has 76 valence electrons. The Labute approximate surface area is 85.9 Å². The van der Waals surface area contributed by atoms with E-state index in [4.69, 9.17) is 16.3 Å². The Kier molecular flexibility index (Phi) is 3.41. The van der Waals surface area contributed by atoms with Gasteiger partial charge in [0.2, 0.25) is 0 Å². The van der Waals surface area contributed by atoms with Gasteiger partial charge in [-0.3, -0.25) is 0 Å². The Morgan fingerprint density at radius 3 is 2.86 bits per heavy atom. The number of hydrogen-bond acceptors (Lipinski definition) is 3. The van der Waals surface area contributed by atoms with Crippen LogP contribution in [0.1, 0.15) is 24.2 Å². The van der Waals surface area contributed by atoms with Gasteiger partial charge in [-0.1, -0.05) is 11.6 Å². The zero-order chi connectivity index (χ0) is 10.7. The lowest BCUT2D eigenvalue weighted by atomic mass is 10.3. The second kappa shape index (κ2) is 4.37. The molecule has 5 heteroatoms. The van der Waals surface area contributed by atoms with Crippen molar-refractivity contribution in [2.75, 3.05) is 0 Å². The minimum atomic E-state index is -0.669. The van der Waals surface area contributed by atoms with Crippen LogP contribution >= 0.6 is 11.6 Å². The molecule has 0 bridgehead atoms. The fourth-order valence-corrected chi connectivity index (χ4v) is 1.02. The van der Waals surface area contributed by atoms with Gasteiger partial charge >= 0.3 is 5.97 Å². The largest absolute Gasteiger partial charge is 0.459 e. The van der Waals surface area contributed by atoms with Crippen molar-refractivity contribution in [3.8, 4) is 0 Å². The molecule has 1 rings (SSSR count). The van der Waals surface area contributed by atoms with Crippen LogP contribution in [0.3, 0.4) is 0 Å². The first-order chi connectivity index (χ1) is 6.50. The fourth-order valence-electron chi connectivity index (χ4n) is 0.843. The molecular formula is C9H9ClFNO2.